The second-order valence-corrected chi connectivity index (χ2v) is 10.7. The van der Waals surface area contributed by atoms with Crippen molar-refractivity contribution in [3.8, 4) is 11.5 Å². The predicted molar refractivity (Wildman–Crippen MR) is 173 cm³/mol. The molecule has 1 unspecified atom stereocenters. The minimum atomic E-state index is -1.99. The highest BCUT2D eigenvalue weighted by molar-refractivity contribution is 5.95. The van der Waals surface area contributed by atoms with E-state index in [1.54, 1.807) is 42.5 Å². The van der Waals surface area contributed by atoms with Gasteiger partial charge in [-0.1, -0.05) is 42.5 Å². The Morgan fingerprint density at radius 2 is 1.73 bits per heavy atom. The zero-order chi connectivity index (χ0) is 31.8. The van der Waals surface area contributed by atoms with E-state index in [2.05, 4.69) is 34.1 Å². The number of nitrogens with two attached hydrogens (primary N) is 1. The Morgan fingerprint density at radius 1 is 0.956 bits per heavy atom. The number of fused-ring (bicyclic) bond motifs is 1. The molecule has 45 heavy (non-hydrogen) atoms. The second-order valence-electron chi connectivity index (χ2n) is 10.7. The molecule has 0 aliphatic carbocycles. The molecule has 1 amide bonds. The van der Waals surface area contributed by atoms with Crippen molar-refractivity contribution in [2.24, 2.45) is 5.73 Å². The Labute approximate surface area is 262 Å². The maximum Gasteiger partial charge on any atom is 0.305 e. The highest BCUT2D eigenvalue weighted by Gasteiger charge is 2.45. The number of hydrogen-bond acceptors (Lipinski definition) is 8. The van der Waals surface area contributed by atoms with Gasteiger partial charge in [0.05, 0.1) is 7.11 Å². The first-order valence-electron chi connectivity index (χ1n) is 14.7. The van der Waals surface area contributed by atoms with Gasteiger partial charge in [0.15, 0.2) is 11.5 Å². The molecule has 4 aromatic rings. The molecule has 1 aliphatic heterocycles. The molecular formula is C35H37N5O5. The van der Waals surface area contributed by atoms with Gasteiger partial charge in [0.2, 0.25) is 0 Å². The van der Waals surface area contributed by atoms with Crippen molar-refractivity contribution in [1.29, 1.82) is 5.41 Å². The number of rotatable bonds is 12. The summed E-state index contributed by atoms with van der Waals surface area (Å²) in [5.41, 5.74) is 9.19. The fraction of sp³-hybridized carbons (Fsp3) is 0.229. The molecule has 1 aliphatic rings. The van der Waals surface area contributed by atoms with Gasteiger partial charge in [-0.15, -0.1) is 0 Å². The summed E-state index contributed by atoms with van der Waals surface area (Å²) in [6, 6.07) is 27.2. The van der Waals surface area contributed by atoms with Crippen LogP contribution in [0.25, 0.3) is 0 Å². The first kappa shape index (κ1) is 30.9. The minimum Gasteiger partial charge on any atom is -0.493 e. The Balaban J connectivity index is 1.48. The standard InChI is InChI=1S/C35H37N5O5/c1-23(41)45-35(34(42)39-21-24-7-4-3-5-8-24,40-29-15-12-27(13-16-29)33(36)37)28-14-17-31(32(20-28)43-2)44-22-25-10-11-26-9-6-18-38-30(26)19-25/h3-5,7-8,10-17,19-20,38,40H,6,9,18,21-22H2,1-2H3,(H3,36,37)(H,39,42). The SMILES string of the molecule is COc1cc(C(Nc2ccc(C(=N)N)cc2)(OC(C)=O)C(=O)NCc2ccccc2)ccc1OCc1ccc2c(c1)NCCC2. The van der Waals surface area contributed by atoms with Crippen LogP contribution in [0.5, 0.6) is 11.5 Å². The van der Waals surface area contributed by atoms with E-state index in [0.29, 0.717) is 34.9 Å². The first-order valence-corrected chi connectivity index (χ1v) is 14.7. The fourth-order valence-corrected chi connectivity index (χ4v) is 5.21. The van der Waals surface area contributed by atoms with Crippen molar-refractivity contribution in [3.05, 3.63) is 119 Å². The Bertz CT molecular complexity index is 1680. The molecule has 0 radical (unpaired) electrons. The number of nitrogens with one attached hydrogen (secondary N) is 4. The van der Waals surface area contributed by atoms with Gasteiger partial charge in [-0.3, -0.25) is 15.0 Å². The average Bonchev–Trinajstić information content (AvgIpc) is 3.06. The predicted octanol–water partition coefficient (Wildman–Crippen LogP) is 5.06. The summed E-state index contributed by atoms with van der Waals surface area (Å²) in [7, 11) is 1.51. The van der Waals surface area contributed by atoms with Crippen LogP contribution in [0.15, 0.2) is 91.0 Å². The molecule has 1 atom stereocenters. The number of ether oxygens (including phenoxy) is 3. The maximum absolute atomic E-state index is 14.1. The number of hydrogen-bond donors (Lipinski definition) is 5. The zero-order valence-corrected chi connectivity index (χ0v) is 25.3. The number of esters is 1. The van der Waals surface area contributed by atoms with Gasteiger partial charge in [0.1, 0.15) is 12.4 Å². The lowest BCUT2D eigenvalue weighted by Gasteiger charge is -2.34. The van der Waals surface area contributed by atoms with Crippen LogP contribution in [0.3, 0.4) is 0 Å². The topological polar surface area (TPSA) is 148 Å². The van der Waals surface area contributed by atoms with E-state index in [0.717, 1.165) is 36.2 Å². The molecule has 0 saturated heterocycles. The lowest BCUT2D eigenvalue weighted by molar-refractivity contribution is -0.165. The van der Waals surface area contributed by atoms with Crippen molar-refractivity contribution in [2.75, 3.05) is 24.3 Å². The van der Waals surface area contributed by atoms with Crippen LogP contribution in [-0.4, -0.2) is 31.4 Å². The zero-order valence-electron chi connectivity index (χ0n) is 25.3. The Morgan fingerprint density at radius 3 is 2.44 bits per heavy atom. The van der Waals surface area contributed by atoms with E-state index in [1.165, 1.54) is 19.6 Å². The van der Waals surface area contributed by atoms with E-state index in [9.17, 15) is 9.59 Å². The van der Waals surface area contributed by atoms with E-state index < -0.39 is 17.6 Å². The molecule has 4 aromatic carbocycles. The van der Waals surface area contributed by atoms with E-state index in [1.807, 2.05) is 30.3 Å². The highest BCUT2D eigenvalue weighted by atomic mass is 16.6. The van der Waals surface area contributed by atoms with Crippen molar-refractivity contribution in [2.45, 2.75) is 38.6 Å². The highest BCUT2D eigenvalue weighted by Crippen LogP contribution is 2.36. The van der Waals surface area contributed by atoms with Crippen molar-refractivity contribution in [3.63, 3.8) is 0 Å². The summed E-state index contributed by atoms with van der Waals surface area (Å²) in [5, 5.41) is 17.2. The normalized spacial score (nSPS) is 13.3. The van der Waals surface area contributed by atoms with Gasteiger partial charge >= 0.3 is 5.97 Å². The number of methoxy groups -OCH3 is 1. The summed E-state index contributed by atoms with van der Waals surface area (Å²) in [5.74, 6) is -0.572. The average molecular weight is 608 g/mol. The van der Waals surface area contributed by atoms with Crippen molar-refractivity contribution < 1.29 is 23.8 Å². The monoisotopic (exact) mass is 607 g/mol. The number of aryl methyl sites for hydroxylation is 1. The third-order valence-electron chi connectivity index (χ3n) is 7.51. The van der Waals surface area contributed by atoms with Gasteiger partial charge < -0.3 is 35.9 Å². The van der Waals surface area contributed by atoms with Crippen LogP contribution in [0, 0.1) is 5.41 Å². The lowest BCUT2D eigenvalue weighted by atomic mass is 9.99. The summed E-state index contributed by atoms with van der Waals surface area (Å²) >= 11 is 0. The quantitative estimate of drug-likeness (QED) is 0.0650. The van der Waals surface area contributed by atoms with Crippen molar-refractivity contribution >= 4 is 29.1 Å². The lowest BCUT2D eigenvalue weighted by Crippen LogP contribution is -2.52. The van der Waals surface area contributed by atoms with Crippen LogP contribution in [0.2, 0.25) is 0 Å². The molecule has 0 bridgehead atoms. The molecule has 6 N–H and O–H groups in total. The fourth-order valence-electron chi connectivity index (χ4n) is 5.21. The van der Waals surface area contributed by atoms with Gasteiger partial charge in [0.25, 0.3) is 11.6 Å². The number of amidine groups is 1. The number of amides is 1. The molecule has 0 spiro atoms. The third-order valence-corrected chi connectivity index (χ3v) is 7.51. The van der Waals surface area contributed by atoms with Gasteiger partial charge in [-0.2, -0.15) is 0 Å². The largest absolute Gasteiger partial charge is 0.493 e. The van der Waals surface area contributed by atoms with E-state index in [4.69, 9.17) is 25.4 Å². The summed E-state index contributed by atoms with van der Waals surface area (Å²) in [6.45, 7) is 2.69. The van der Waals surface area contributed by atoms with Gasteiger partial charge in [0, 0.05) is 42.5 Å². The second kappa shape index (κ2) is 13.9. The third kappa shape index (κ3) is 7.35. The number of carbonyl (C=O) groups is 2. The summed E-state index contributed by atoms with van der Waals surface area (Å²) < 4.78 is 17.7. The Kier molecular flexibility index (Phi) is 9.52. The number of anilines is 2. The molecule has 0 fully saturated rings. The van der Waals surface area contributed by atoms with Crippen LogP contribution >= 0.6 is 0 Å². The smallest absolute Gasteiger partial charge is 0.305 e. The maximum atomic E-state index is 14.1. The Hall–Kier alpha value is -5.51. The van der Waals surface area contributed by atoms with E-state index >= 15 is 0 Å². The van der Waals surface area contributed by atoms with Crippen LogP contribution in [0.4, 0.5) is 11.4 Å². The molecule has 5 rings (SSSR count). The minimum absolute atomic E-state index is 0.0969. The molecular weight excluding hydrogens is 570 g/mol. The molecule has 10 heteroatoms. The van der Waals surface area contributed by atoms with Crippen molar-refractivity contribution in [1.82, 2.24) is 5.32 Å². The summed E-state index contributed by atoms with van der Waals surface area (Å²) in [6.07, 6.45) is 2.17. The van der Waals surface area contributed by atoms with Crippen LogP contribution < -0.4 is 31.2 Å². The summed E-state index contributed by atoms with van der Waals surface area (Å²) in [4.78, 5) is 26.7. The van der Waals surface area contributed by atoms with Crippen LogP contribution in [-0.2, 0) is 39.6 Å². The first-order chi connectivity index (χ1) is 21.8. The molecule has 1 heterocycles. The number of benzene rings is 4. The number of carbonyl (C=O) groups excluding carboxylic acids is 2. The van der Waals surface area contributed by atoms with E-state index in [-0.39, 0.29) is 12.4 Å². The van der Waals surface area contributed by atoms with Gasteiger partial charge in [-0.05, 0) is 78.1 Å². The molecule has 232 valence electrons. The molecule has 0 saturated carbocycles. The molecule has 10 nitrogen and oxygen atoms in total. The van der Waals surface area contributed by atoms with Crippen LogP contribution in [0.1, 0.15) is 41.2 Å². The molecule has 0 aromatic heterocycles. The number of nitrogen functional groups attached to an aromatic ring is 1. The van der Waals surface area contributed by atoms with Gasteiger partial charge in [-0.25, -0.2) is 0 Å².